The second-order valence-corrected chi connectivity index (χ2v) is 5.32. The lowest BCUT2D eigenvalue weighted by Crippen LogP contribution is -2.03. The van der Waals surface area contributed by atoms with Gasteiger partial charge < -0.3 is 5.32 Å². The summed E-state index contributed by atoms with van der Waals surface area (Å²) in [4.78, 5) is 4.44. The van der Waals surface area contributed by atoms with E-state index in [1.165, 1.54) is 5.56 Å². The van der Waals surface area contributed by atoms with Crippen molar-refractivity contribution in [2.45, 2.75) is 19.8 Å². The van der Waals surface area contributed by atoms with E-state index < -0.39 is 0 Å². The van der Waals surface area contributed by atoms with Crippen LogP contribution in [0.15, 0.2) is 67.0 Å². The molecule has 0 aliphatic carbocycles. The summed E-state index contributed by atoms with van der Waals surface area (Å²) in [6.07, 6.45) is 3.78. The quantitative estimate of drug-likeness (QED) is 0.746. The van der Waals surface area contributed by atoms with E-state index in [4.69, 9.17) is 0 Å². The first-order valence-corrected chi connectivity index (χ1v) is 7.20. The molecule has 3 heteroatoms. The Morgan fingerprint density at radius 3 is 2.43 bits per heavy atom. The number of hydrogen-bond donors (Lipinski definition) is 1. The zero-order valence-corrected chi connectivity index (χ0v) is 12.3. The average Bonchev–Trinajstić information content (AvgIpc) is 2.96. The van der Waals surface area contributed by atoms with Crippen LogP contribution in [0.5, 0.6) is 0 Å². The molecular weight excluding hydrogens is 258 g/mol. The van der Waals surface area contributed by atoms with Crippen LogP contribution in [0.3, 0.4) is 0 Å². The van der Waals surface area contributed by atoms with Crippen molar-refractivity contribution in [3.63, 3.8) is 0 Å². The number of imidazole rings is 1. The highest BCUT2D eigenvalue weighted by molar-refractivity contribution is 5.61. The first-order valence-electron chi connectivity index (χ1n) is 7.20. The summed E-state index contributed by atoms with van der Waals surface area (Å²) in [5.41, 5.74) is 3.50. The Bertz CT molecular complexity index is 714. The van der Waals surface area contributed by atoms with E-state index in [0.29, 0.717) is 5.92 Å². The van der Waals surface area contributed by atoms with Gasteiger partial charge in [0, 0.05) is 23.8 Å². The minimum Gasteiger partial charge on any atom is -0.325 e. The summed E-state index contributed by atoms with van der Waals surface area (Å²) in [5.74, 6) is 1.29. The van der Waals surface area contributed by atoms with Crippen molar-refractivity contribution in [2.75, 3.05) is 5.32 Å². The number of benzene rings is 2. The van der Waals surface area contributed by atoms with Gasteiger partial charge >= 0.3 is 0 Å². The Labute approximate surface area is 125 Å². The average molecular weight is 277 g/mol. The van der Waals surface area contributed by atoms with Crippen LogP contribution >= 0.6 is 0 Å². The van der Waals surface area contributed by atoms with Crippen LogP contribution < -0.4 is 5.32 Å². The number of aromatic nitrogens is 2. The molecule has 1 aromatic heterocycles. The third-order valence-electron chi connectivity index (χ3n) is 3.50. The molecular formula is C18H19N3. The molecule has 0 atom stereocenters. The van der Waals surface area contributed by atoms with E-state index in [2.05, 4.69) is 59.0 Å². The fourth-order valence-corrected chi connectivity index (χ4v) is 2.43. The van der Waals surface area contributed by atoms with Crippen LogP contribution in [0.2, 0.25) is 0 Å². The van der Waals surface area contributed by atoms with Gasteiger partial charge in [0.15, 0.2) is 0 Å². The first kappa shape index (κ1) is 13.4. The molecule has 3 nitrogen and oxygen atoms in total. The Morgan fingerprint density at radius 1 is 0.952 bits per heavy atom. The molecule has 0 unspecified atom stereocenters. The van der Waals surface area contributed by atoms with E-state index in [-0.39, 0.29) is 0 Å². The molecule has 0 saturated carbocycles. The van der Waals surface area contributed by atoms with Gasteiger partial charge in [0.25, 0.3) is 0 Å². The Morgan fingerprint density at radius 2 is 1.67 bits per heavy atom. The molecule has 3 rings (SSSR count). The van der Waals surface area contributed by atoms with E-state index in [9.17, 15) is 0 Å². The molecule has 106 valence electrons. The molecule has 0 amide bonds. The van der Waals surface area contributed by atoms with E-state index in [1.54, 1.807) is 0 Å². The lowest BCUT2D eigenvalue weighted by atomic mass is 10.0. The maximum absolute atomic E-state index is 4.44. The molecule has 1 heterocycles. The topological polar surface area (TPSA) is 29.9 Å². The molecule has 0 spiro atoms. The summed E-state index contributed by atoms with van der Waals surface area (Å²) in [6.45, 7) is 4.40. The molecule has 2 aromatic carbocycles. The van der Waals surface area contributed by atoms with Crippen molar-refractivity contribution in [3.8, 4) is 5.69 Å². The lowest BCUT2D eigenvalue weighted by molar-refractivity contribution is 0.868. The smallest absolute Gasteiger partial charge is 0.212 e. The summed E-state index contributed by atoms with van der Waals surface area (Å²) in [7, 11) is 0. The van der Waals surface area contributed by atoms with E-state index in [1.807, 2.05) is 36.7 Å². The van der Waals surface area contributed by atoms with Crippen LogP contribution in [0.25, 0.3) is 5.69 Å². The van der Waals surface area contributed by atoms with Gasteiger partial charge in [-0.15, -0.1) is 0 Å². The minimum absolute atomic E-state index is 0.467. The van der Waals surface area contributed by atoms with Gasteiger partial charge in [0.05, 0.1) is 0 Å². The number of nitrogens with zero attached hydrogens (tertiary/aromatic N) is 2. The van der Waals surface area contributed by atoms with Gasteiger partial charge in [0.2, 0.25) is 5.95 Å². The largest absolute Gasteiger partial charge is 0.325 e. The van der Waals surface area contributed by atoms with Crippen molar-refractivity contribution in [2.24, 2.45) is 0 Å². The van der Waals surface area contributed by atoms with Gasteiger partial charge in [-0.25, -0.2) is 4.98 Å². The Hall–Kier alpha value is -2.55. The summed E-state index contributed by atoms with van der Waals surface area (Å²) in [6, 6.07) is 18.6. The lowest BCUT2D eigenvalue weighted by Gasteiger charge is -2.15. The maximum Gasteiger partial charge on any atom is 0.212 e. The molecule has 0 radical (unpaired) electrons. The highest BCUT2D eigenvalue weighted by Gasteiger charge is 2.09. The molecule has 0 aliphatic rings. The van der Waals surface area contributed by atoms with Crippen LogP contribution in [0.1, 0.15) is 25.3 Å². The summed E-state index contributed by atoms with van der Waals surface area (Å²) in [5, 5.41) is 3.45. The van der Waals surface area contributed by atoms with Gasteiger partial charge in [-0.05, 0) is 29.7 Å². The van der Waals surface area contributed by atoms with E-state index in [0.717, 1.165) is 17.3 Å². The van der Waals surface area contributed by atoms with Crippen molar-refractivity contribution in [1.82, 2.24) is 9.55 Å². The van der Waals surface area contributed by atoms with Gasteiger partial charge in [-0.3, -0.25) is 4.57 Å². The van der Waals surface area contributed by atoms with Gasteiger partial charge in [-0.1, -0.05) is 50.2 Å². The fraction of sp³-hybridized carbons (Fsp3) is 0.167. The standard InChI is InChI=1S/C18H19N3/c1-14(2)16-10-6-7-11-17(16)20-18-19-12-13-21(18)15-8-4-3-5-9-15/h3-14H,1-2H3,(H,19,20). The number of rotatable bonds is 4. The van der Waals surface area contributed by atoms with Crippen LogP contribution in [0.4, 0.5) is 11.6 Å². The predicted octanol–water partition coefficient (Wildman–Crippen LogP) is 4.74. The SMILES string of the molecule is CC(C)c1ccccc1Nc1nccn1-c1ccccc1. The van der Waals surface area contributed by atoms with Gasteiger partial charge in [-0.2, -0.15) is 0 Å². The Balaban J connectivity index is 1.96. The highest BCUT2D eigenvalue weighted by atomic mass is 15.2. The fourth-order valence-electron chi connectivity index (χ4n) is 2.43. The third-order valence-corrected chi connectivity index (χ3v) is 3.50. The van der Waals surface area contributed by atoms with Crippen molar-refractivity contribution < 1.29 is 0 Å². The predicted molar refractivity (Wildman–Crippen MR) is 87.4 cm³/mol. The molecule has 0 aliphatic heterocycles. The molecule has 0 saturated heterocycles. The maximum atomic E-state index is 4.44. The van der Waals surface area contributed by atoms with Crippen molar-refractivity contribution >= 4 is 11.6 Å². The van der Waals surface area contributed by atoms with Crippen LogP contribution in [-0.2, 0) is 0 Å². The zero-order valence-electron chi connectivity index (χ0n) is 12.3. The van der Waals surface area contributed by atoms with Crippen molar-refractivity contribution in [1.29, 1.82) is 0 Å². The highest BCUT2D eigenvalue weighted by Crippen LogP contribution is 2.27. The molecule has 0 bridgehead atoms. The van der Waals surface area contributed by atoms with Crippen LogP contribution in [-0.4, -0.2) is 9.55 Å². The number of para-hydroxylation sites is 2. The van der Waals surface area contributed by atoms with Crippen molar-refractivity contribution in [3.05, 3.63) is 72.6 Å². The number of anilines is 2. The number of nitrogens with one attached hydrogen (secondary N) is 1. The second-order valence-electron chi connectivity index (χ2n) is 5.32. The molecule has 3 aromatic rings. The Kier molecular flexibility index (Phi) is 3.73. The summed E-state index contributed by atoms with van der Waals surface area (Å²) >= 11 is 0. The molecule has 21 heavy (non-hydrogen) atoms. The van der Waals surface area contributed by atoms with Gasteiger partial charge in [0.1, 0.15) is 0 Å². The van der Waals surface area contributed by atoms with Crippen LogP contribution in [0, 0.1) is 0 Å². The summed E-state index contributed by atoms with van der Waals surface area (Å²) < 4.78 is 2.05. The minimum atomic E-state index is 0.467. The van der Waals surface area contributed by atoms with E-state index >= 15 is 0 Å². The number of hydrogen-bond acceptors (Lipinski definition) is 2. The molecule has 1 N–H and O–H groups in total. The monoisotopic (exact) mass is 277 g/mol. The second kappa shape index (κ2) is 5.83. The normalized spacial score (nSPS) is 10.8. The third kappa shape index (κ3) is 2.82. The zero-order chi connectivity index (χ0) is 14.7. The molecule has 0 fully saturated rings. The first-order chi connectivity index (χ1) is 10.3.